The van der Waals surface area contributed by atoms with Crippen molar-refractivity contribution in [2.75, 3.05) is 0 Å². The minimum atomic E-state index is -0.379. The fraction of sp³-hybridized carbons (Fsp3) is 0.600. The molecule has 0 amide bonds. The molecule has 0 bridgehead atoms. The average molecular weight is 196 g/mol. The van der Waals surface area contributed by atoms with Gasteiger partial charge in [0, 0.05) is 0 Å². The lowest BCUT2D eigenvalue weighted by molar-refractivity contribution is -0.142. The first-order chi connectivity index (χ1) is 6.52. The minimum absolute atomic E-state index is 0.139. The summed E-state index contributed by atoms with van der Waals surface area (Å²) in [5.41, 5.74) is 0.992. The second kappa shape index (κ2) is 6.11. The van der Waals surface area contributed by atoms with Crippen LogP contribution in [0.15, 0.2) is 16.3 Å². The molecule has 0 aromatic rings. The van der Waals surface area contributed by atoms with Gasteiger partial charge in [-0.25, -0.2) is 10.2 Å². The summed E-state index contributed by atoms with van der Waals surface area (Å²) < 4.78 is 5.00. The molecule has 0 saturated carbocycles. The molecule has 0 aliphatic carbocycles. The van der Waals surface area contributed by atoms with Crippen LogP contribution < -0.4 is 0 Å². The molecule has 0 atom stereocenters. The summed E-state index contributed by atoms with van der Waals surface area (Å²) in [6, 6.07) is 1.92. The monoisotopic (exact) mass is 196 g/mol. The number of nitrogens with one attached hydrogen (secondary N) is 1. The average Bonchev–Trinajstić information content (AvgIpc) is 2.12. The largest absolute Gasteiger partial charge is 0.460 e. The van der Waals surface area contributed by atoms with Crippen molar-refractivity contribution in [3.05, 3.63) is 11.3 Å². The van der Waals surface area contributed by atoms with Crippen LogP contribution in [0.2, 0.25) is 0 Å². The molecule has 0 aromatic heterocycles. The first-order valence-corrected chi connectivity index (χ1v) is 4.56. The van der Waals surface area contributed by atoms with Crippen LogP contribution in [0.4, 0.5) is 0 Å². The van der Waals surface area contributed by atoms with Crippen molar-refractivity contribution in [2.45, 2.75) is 40.2 Å². The van der Waals surface area contributed by atoms with Crippen LogP contribution in [-0.4, -0.2) is 18.1 Å². The zero-order valence-corrected chi connectivity index (χ0v) is 9.05. The molecule has 0 radical (unpaired) electrons. The second-order valence-electron chi connectivity index (χ2n) is 3.10. The predicted molar refractivity (Wildman–Crippen MR) is 54.4 cm³/mol. The van der Waals surface area contributed by atoms with Gasteiger partial charge in [-0.05, 0) is 27.2 Å². The van der Waals surface area contributed by atoms with Crippen LogP contribution in [0.5, 0.6) is 0 Å². The van der Waals surface area contributed by atoms with Crippen LogP contribution in [0, 0.1) is 5.41 Å². The molecule has 14 heavy (non-hydrogen) atoms. The lowest BCUT2D eigenvalue weighted by Crippen LogP contribution is -2.13. The van der Waals surface area contributed by atoms with Gasteiger partial charge in [-0.3, -0.25) is 0 Å². The summed E-state index contributed by atoms with van der Waals surface area (Å²) in [7, 11) is 0. The quantitative estimate of drug-likeness (QED) is 0.426. The Morgan fingerprint density at radius 1 is 1.57 bits per heavy atom. The van der Waals surface area contributed by atoms with E-state index >= 15 is 0 Å². The van der Waals surface area contributed by atoms with Crippen molar-refractivity contribution >= 4 is 12.0 Å². The van der Waals surface area contributed by atoms with E-state index in [9.17, 15) is 4.79 Å². The van der Waals surface area contributed by atoms with E-state index in [1.807, 2.05) is 12.9 Å². The lowest BCUT2D eigenvalue weighted by Gasteiger charge is -2.09. The number of esters is 1. The molecular weight excluding hydrogens is 180 g/mol. The fourth-order valence-electron chi connectivity index (χ4n) is 0.916. The van der Waals surface area contributed by atoms with Crippen molar-refractivity contribution in [1.29, 1.82) is 5.41 Å². The Hall–Kier alpha value is -1.41. The number of hydrogen-bond donors (Lipinski definition) is 1. The van der Waals surface area contributed by atoms with Crippen molar-refractivity contribution in [3.8, 4) is 0 Å². The fourth-order valence-corrected chi connectivity index (χ4v) is 0.916. The lowest BCUT2D eigenvalue weighted by atomic mass is 10.2. The smallest absolute Gasteiger partial charge is 0.335 e. The summed E-state index contributed by atoms with van der Waals surface area (Å²) in [6.07, 6.45) is 0.449. The highest BCUT2D eigenvalue weighted by Crippen LogP contribution is 2.11. The van der Waals surface area contributed by atoms with Gasteiger partial charge >= 0.3 is 5.97 Å². The van der Waals surface area contributed by atoms with Gasteiger partial charge in [0.2, 0.25) is 0 Å². The third-order valence-corrected chi connectivity index (χ3v) is 1.61. The van der Waals surface area contributed by atoms with Crippen LogP contribution in [0.25, 0.3) is 0 Å². The van der Waals surface area contributed by atoms with Crippen LogP contribution in [0.3, 0.4) is 0 Å². The van der Waals surface area contributed by atoms with Gasteiger partial charge in [0.1, 0.15) is 0 Å². The molecule has 0 aliphatic rings. The van der Waals surface area contributed by atoms with E-state index in [-0.39, 0.29) is 12.1 Å². The van der Waals surface area contributed by atoms with Gasteiger partial charge in [-0.15, -0.1) is 0 Å². The number of hydrogen-bond acceptors (Lipinski definition) is 4. The number of aliphatic imine (C=N–C) groups is 1. The zero-order chi connectivity index (χ0) is 11.1. The highest BCUT2D eigenvalue weighted by atomic mass is 16.5. The van der Waals surface area contributed by atoms with Gasteiger partial charge in [0.05, 0.1) is 23.4 Å². The first-order valence-electron chi connectivity index (χ1n) is 4.56. The molecular formula is C10H16N2O2. The normalized spacial score (nSPS) is 11.8. The molecule has 0 rings (SSSR count). The molecule has 4 nitrogen and oxygen atoms in total. The Labute approximate surface area is 84.2 Å². The van der Waals surface area contributed by atoms with Gasteiger partial charge in [-0.2, -0.15) is 4.99 Å². The van der Waals surface area contributed by atoms with Gasteiger partial charge in [0.15, 0.2) is 0 Å². The number of nitrogens with zero attached hydrogens (tertiary/aromatic N) is 1. The molecule has 0 unspecified atom stereocenters. The second-order valence-corrected chi connectivity index (χ2v) is 3.10. The van der Waals surface area contributed by atoms with Crippen molar-refractivity contribution < 1.29 is 9.53 Å². The van der Waals surface area contributed by atoms with E-state index in [2.05, 4.69) is 4.99 Å². The number of ether oxygens (including phenoxy) is 1. The maximum Gasteiger partial charge on any atom is 0.335 e. The van der Waals surface area contributed by atoms with Crippen LogP contribution in [-0.2, 0) is 9.53 Å². The molecule has 0 spiro atoms. The van der Waals surface area contributed by atoms with E-state index in [0.717, 1.165) is 0 Å². The van der Waals surface area contributed by atoms with Crippen molar-refractivity contribution in [1.82, 2.24) is 0 Å². The predicted octanol–water partition coefficient (Wildman–Crippen LogP) is 2.37. The van der Waals surface area contributed by atoms with E-state index in [0.29, 0.717) is 17.7 Å². The molecule has 1 N–H and O–H groups in total. The van der Waals surface area contributed by atoms with E-state index in [1.54, 1.807) is 20.8 Å². The van der Waals surface area contributed by atoms with Crippen molar-refractivity contribution in [3.63, 3.8) is 0 Å². The Bertz CT molecular complexity index is 286. The maximum atomic E-state index is 11.4. The molecule has 0 saturated heterocycles. The first kappa shape index (κ1) is 12.6. The Balaban J connectivity index is 4.76. The number of carbonyl (C=O) groups excluding carboxylic acids is 1. The SMILES string of the molecule is CCC(N=C=N)=C(C)C(=O)OC(C)C. The van der Waals surface area contributed by atoms with Gasteiger partial charge in [-0.1, -0.05) is 6.92 Å². The zero-order valence-electron chi connectivity index (χ0n) is 9.05. The molecule has 0 fully saturated rings. The molecule has 4 heteroatoms. The van der Waals surface area contributed by atoms with E-state index in [1.165, 1.54) is 0 Å². The summed E-state index contributed by atoms with van der Waals surface area (Å²) >= 11 is 0. The molecule has 78 valence electrons. The Morgan fingerprint density at radius 2 is 2.14 bits per heavy atom. The van der Waals surface area contributed by atoms with Crippen LogP contribution >= 0.6 is 0 Å². The minimum Gasteiger partial charge on any atom is -0.460 e. The van der Waals surface area contributed by atoms with Crippen LogP contribution in [0.1, 0.15) is 34.1 Å². The van der Waals surface area contributed by atoms with Crippen molar-refractivity contribution in [2.24, 2.45) is 4.99 Å². The van der Waals surface area contributed by atoms with Gasteiger partial charge in [0.25, 0.3) is 0 Å². The Morgan fingerprint density at radius 3 is 2.50 bits per heavy atom. The topological polar surface area (TPSA) is 62.5 Å². The van der Waals surface area contributed by atoms with Gasteiger partial charge < -0.3 is 4.74 Å². The summed E-state index contributed by atoms with van der Waals surface area (Å²) in [5, 5.41) is 6.71. The highest BCUT2D eigenvalue weighted by Gasteiger charge is 2.11. The summed E-state index contributed by atoms with van der Waals surface area (Å²) in [6.45, 7) is 7.08. The summed E-state index contributed by atoms with van der Waals surface area (Å²) in [5.74, 6) is -0.379. The van der Waals surface area contributed by atoms with E-state index in [4.69, 9.17) is 10.1 Å². The highest BCUT2D eigenvalue weighted by molar-refractivity contribution is 5.88. The molecule has 0 aromatic carbocycles. The third kappa shape index (κ3) is 4.01. The standard InChI is InChI=1S/C10H16N2O2/c1-5-9(12-6-11)8(4)10(13)14-7(2)3/h7,11H,5H2,1-4H3. The third-order valence-electron chi connectivity index (χ3n) is 1.61. The number of allylic oxidation sites excluding steroid dienone is 1. The molecule has 0 heterocycles. The summed E-state index contributed by atoms with van der Waals surface area (Å²) in [4.78, 5) is 15.1. The number of rotatable bonds is 4. The van der Waals surface area contributed by atoms with E-state index < -0.39 is 0 Å². The number of carbonyl (C=O) groups is 1. The molecule has 0 aliphatic heterocycles. The maximum absolute atomic E-state index is 11.4. The Kier molecular flexibility index (Phi) is 5.49.